The lowest BCUT2D eigenvalue weighted by atomic mass is 10.1. The van der Waals surface area contributed by atoms with Gasteiger partial charge in [-0.3, -0.25) is 4.79 Å². The molecule has 0 spiro atoms. The molecule has 1 amide bonds. The van der Waals surface area contributed by atoms with Crippen LogP contribution in [0.2, 0.25) is 0 Å². The summed E-state index contributed by atoms with van der Waals surface area (Å²) in [5.41, 5.74) is 1.68. The van der Waals surface area contributed by atoms with Crippen molar-refractivity contribution in [2.24, 2.45) is 0 Å². The third-order valence-electron chi connectivity index (χ3n) is 2.40. The predicted molar refractivity (Wildman–Crippen MR) is 65.3 cm³/mol. The first kappa shape index (κ1) is 13.0. The van der Waals surface area contributed by atoms with E-state index in [1.165, 1.54) is 11.0 Å². The van der Waals surface area contributed by atoms with E-state index in [4.69, 9.17) is 5.11 Å². The van der Waals surface area contributed by atoms with Crippen LogP contribution in [0.15, 0.2) is 18.2 Å². The Labute approximate surface area is 100 Å². The molecule has 1 aromatic carbocycles. The highest BCUT2D eigenvalue weighted by molar-refractivity contribution is 5.90. The van der Waals surface area contributed by atoms with Crippen LogP contribution in [0.3, 0.4) is 0 Å². The fraction of sp³-hybridized carbons (Fsp3) is 0.333. The summed E-state index contributed by atoms with van der Waals surface area (Å²) in [5.74, 6) is -0.983. The van der Waals surface area contributed by atoms with Gasteiger partial charge >= 0.3 is 5.97 Å². The number of carbonyl (C=O) groups is 2. The number of carboxylic acid groups (broad SMARTS) is 1. The Hall–Kier alpha value is -2.04. The average molecular weight is 236 g/mol. The second-order valence-corrected chi connectivity index (χ2v) is 3.98. The molecule has 5 nitrogen and oxygen atoms in total. The molecule has 2 N–H and O–H groups in total. The molecule has 0 aliphatic heterocycles. The zero-order valence-corrected chi connectivity index (χ0v) is 10.2. The van der Waals surface area contributed by atoms with E-state index in [2.05, 4.69) is 5.32 Å². The van der Waals surface area contributed by atoms with Crippen molar-refractivity contribution in [2.75, 3.05) is 26.0 Å². The molecule has 0 unspecified atom stereocenters. The Morgan fingerprint density at radius 1 is 1.35 bits per heavy atom. The Morgan fingerprint density at radius 3 is 2.47 bits per heavy atom. The first-order valence-corrected chi connectivity index (χ1v) is 5.20. The number of nitrogens with zero attached hydrogens (tertiary/aromatic N) is 1. The van der Waals surface area contributed by atoms with Crippen molar-refractivity contribution in [1.82, 2.24) is 4.90 Å². The minimum absolute atomic E-state index is 0.0371. The standard InChI is InChI=1S/C12H16N2O3/c1-8-6-9(4-5-10(8)12(16)17)13-7-11(15)14(2)3/h4-6,13H,7H2,1-3H3,(H,16,17). The number of rotatable bonds is 4. The Bertz CT molecular complexity index is 441. The highest BCUT2D eigenvalue weighted by Crippen LogP contribution is 2.14. The number of carboxylic acids is 1. The van der Waals surface area contributed by atoms with Crippen molar-refractivity contribution in [2.45, 2.75) is 6.92 Å². The van der Waals surface area contributed by atoms with Crippen LogP contribution in [-0.2, 0) is 4.79 Å². The van der Waals surface area contributed by atoms with Crippen LogP contribution >= 0.6 is 0 Å². The van der Waals surface area contributed by atoms with Gasteiger partial charge in [-0.1, -0.05) is 0 Å². The van der Waals surface area contributed by atoms with E-state index < -0.39 is 5.97 Å². The minimum Gasteiger partial charge on any atom is -0.478 e. The maximum atomic E-state index is 11.3. The molecule has 1 rings (SSSR count). The molecule has 0 fully saturated rings. The third kappa shape index (κ3) is 3.48. The first-order valence-electron chi connectivity index (χ1n) is 5.20. The lowest BCUT2D eigenvalue weighted by molar-refractivity contribution is -0.126. The van der Waals surface area contributed by atoms with Gasteiger partial charge in [0.15, 0.2) is 0 Å². The fourth-order valence-corrected chi connectivity index (χ4v) is 1.35. The predicted octanol–water partition coefficient (Wildman–Crippen LogP) is 1.19. The molecule has 1 aromatic rings. The molecular weight excluding hydrogens is 220 g/mol. The van der Waals surface area contributed by atoms with E-state index in [-0.39, 0.29) is 18.0 Å². The quantitative estimate of drug-likeness (QED) is 0.824. The van der Waals surface area contributed by atoms with Crippen molar-refractivity contribution < 1.29 is 14.7 Å². The fourth-order valence-electron chi connectivity index (χ4n) is 1.35. The zero-order chi connectivity index (χ0) is 13.0. The molecule has 0 aliphatic carbocycles. The van der Waals surface area contributed by atoms with Crippen LogP contribution in [0.1, 0.15) is 15.9 Å². The smallest absolute Gasteiger partial charge is 0.335 e. The van der Waals surface area contributed by atoms with E-state index in [0.29, 0.717) is 5.56 Å². The summed E-state index contributed by atoms with van der Waals surface area (Å²) in [6.45, 7) is 1.92. The number of carbonyl (C=O) groups excluding carboxylic acids is 1. The van der Waals surface area contributed by atoms with Crippen LogP contribution in [0.5, 0.6) is 0 Å². The molecular formula is C12H16N2O3. The molecule has 17 heavy (non-hydrogen) atoms. The number of benzene rings is 1. The van der Waals surface area contributed by atoms with Gasteiger partial charge in [-0.25, -0.2) is 4.79 Å². The highest BCUT2D eigenvalue weighted by Gasteiger charge is 2.08. The molecule has 0 atom stereocenters. The van der Waals surface area contributed by atoms with Crippen LogP contribution < -0.4 is 5.32 Å². The van der Waals surface area contributed by atoms with E-state index in [0.717, 1.165) is 5.69 Å². The number of hydrogen-bond acceptors (Lipinski definition) is 3. The lowest BCUT2D eigenvalue weighted by Gasteiger charge is -2.12. The lowest BCUT2D eigenvalue weighted by Crippen LogP contribution is -2.28. The number of hydrogen-bond donors (Lipinski definition) is 2. The van der Waals surface area contributed by atoms with Gasteiger partial charge in [-0.2, -0.15) is 0 Å². The van der Waals surface area contributed by atoms with Gasteiger partial charge in [-0.15, -0.1) is 0 Å². The van der Waals surface area contributed by atoms with Gasteiger partial charge in [0.05, 0.1) is 12.1 Å². The summed E-state index contributed by atoms with van der Waals surface area (Å²) in [6, 6.07) is 4.89. The Morgan fingerprint density at radius 2 is 2.00 bits per heavy atom. The number of aryl methyl sites for hydroxylation is 1. The van der Waals surface area contributed by atoms with Crippen molar-refractivity contribution in [3.05, 3.63) is 29.3 Å². The Balaban J connectivity index is 2.71. The maximum Gasteiger partial charge on any atom is 0.335 e. The van der Waals surface area contributed by atoms with Gasteiger partial charge < -0.3 is 15.3 Å². The first-order chi connectivity index (χ1) is 7.91. The topological polar surface area (TPSA) is 69.6 Å². The second kappa shape index (κ2) is 5.34. The highest BCUT2D eigenvalue weighted by atomic mass is 16.4. The number of nitrogens with one attached hydrogen (secondary N) is 1. The summed E-state index contributed by atoms with van der Waals surface area (Å²) in [6.07, 6.45) is 0. The van der Waals surface area contributed by atoms with E-state index in [1.54, 1.807) is 33.2 Å². The normalized spacial score (nSPS) is 9.82. The molecule has 0 radical (unpaired) electrons. The SMILES string of the molecule is Cc1cc(NCC(=O)N(C)C)ccc1C(=O)O. The average Bonchev–Trinajstić information content (AvgIpc) is 2.25. The van der Waals surface area contributed by atoms with Crippen molar-refractivity contribution in [3.63, 3.8) is 0 Å². The van der Waals surface area contributed by atoms with Crippen molar-refractivity contribution >= 4 is 17.6 Å². The van der Waals surface area contributed by atoms with Crippen molar-refractivity contribution in [1.29, 1.82) is 0 Å². The van der Waals surface area contributed by atoms with Gasteiger partial charge in [0.25, 0.3) is 0 Å². The summed E-state index contributed by atoms with van der Waals surface area (Å²) in [4.78, 5) is 23.6. The zero-order valence-electron chi connectivity index (χ0n) is 10.2. The largest absolute Gasteiger partial charge is 0.478 e. The van der Waals surface area contributed by atoms with Gasteiger partial charge in [-0.05, 0) is 30.7 Å². The molecule has 0 saturated heterocycles. The van der Waals surface area contributed by atoms with Gasteiger partial charge in [0.2, 0.25) is 5.91 Å². The summed E-state index contributed by atoms with van der Waals surface area (Å²) in [5, 5.41) is 11.8. The summed E-state index contributed by atoms with van der Waals surface area (Å²) >= 11 is 0. The monoisotopic (exact) mass is 236 g/mol. The van der Waals surface area contributed by atoms with Gasteiger partial charge in [0, 0.05) is 19.8 Å². The summed E-state index contributed by atoms with van der Waals surface area (Å²) < 4.78 is 0. The maximum absolute atomic E-state index is 11.3. The molecule has 0 bridgehead atoms. The molecule has 5 heteroatoms. The molecule has 0 aliphatic rings. The number of likely N-dealkylation sites (N-methyl/N-ethyl adjacent to an activating group) is 1. The van der Waals surface area contributed by atoms with Crippen LogP contribution in [-0.4, -0.2) is 42.5 Å². The number of aromatic carboxylic acids is 1. The summed E-state index contributed by atoms with van der Waals surface area (Å²) in [7, 11) is 3.37. The van der Waals surface area contributed by atoms with E-state index >= 15 is 0 Å². The molecule has 0 saturated carbocycles. The third-order valence-corrected chi connectivity index (χ3v) is 2.40. The van der Waals surface area contributed by atoms with E-state index in [1.807, 2.05) is 0 Å². The van der Waals surface area contributed by atoms with Gasteiger partial charge in [0.1, 0.15) is 0 Å². The Kier molecular flexibility index (Phi) is 4.09. The number of anilines is 1. The number of amides is 1. The minimum atomic E-state index is -0.946. The molecule has 0 heterocycles. The van der Waals surface area contributed by atoms with Crippen LogP contribution in [0.4, 0.5) is 5.69 Å². The van der Waals surface area contributed by atoms with E-state index in [9.17, 15) is 9.59 Å². The van der Waals surface area contributed by atoms with Crippen LogP contribution in [0.25, 0.3) is 0 Å². The van der Waals surface area contributed by atoms with Crippen molar-refractivity contribution in [3.8, 4) is 0 Å². The van der Waals surface area contributed by atoms with Crippen LogP contribution in [0, 0.1) is 6.92 Å². The second-order valence-electron chi connectivity index (χ2n) is 3.98. The molecule has 0 aromatic heterocycles. The molecule has 92 valence electrons.